The van der Waals surface area contributed by atoms with Crippen molar-refractivity contribution in [1.29, 1.82) is 0 Å². The van der Waals surface area contributed by atoms with E-state index in [-0.39, 0.29) is 11.5 Å². The molecule has 1 unspecified atom stereocenters. The summed E-state index contributed by atoms with van der Waals surface area (Å²) < 4.78 is 355. The topological polar surface area (TPSA) is 37.4 Å². The largest absolute Gasteiger partial charge is 0.416 e. The van der Waals surface area contributed by atoms with Crippen LogP contribution in [-0.2, 0) is 76.6 Å². The van der Waals surface area contributed by atoms with Gasteiger partial charge in [0, 0.05) is 29.9 Å². The molecule has 0 bridgehead atoms. The molecule has 3 nitrogen and oxygen atoms in total. The van der Waals surface area contributed by atoms with E-state index in [0.29, 0.717) is 10.5 Å². The van der Waals surface area contributed by atoms with Gasteiger partial charge < -0.3 is 4.90 Å². The molecule has 0 saturated carbocycles. The maximum absolute atomic E-state index is 14.2. The van der Waals surface area contributed by atoms with E-state index in [2.05, 4.69) is 40.3 Å². The summed E-state index contributed by atoms with van der Waals surface area (Å²) >= 11 is 0. The van der Waals surface area contributed by atoms with E-state index in [4.69, 9.17) is 0 Å². The highest BCUT2D eigenvalue weighted by Gasteiger charge is 2.47. The van der Waals surface area contributed by atoms with E-state index >= 15 is 0 Å². The van der Waals surface area contributed by atoms with Gasteiger partial charge >= 0.3 is 49.4 Å². The minimum atomic E-state index is -6.13. The lowest BCUT2D eigenvalue weighted by atomic mass is 9.12. The van der Waals surface area contributed by atoms with Crippen molar-refractivity contribution in [1.82, 2.24) is 0 Å². The van der Waals surface area contributed by atoms with Crippen molar-refractivity contribution in [3.8, 4) is 11.2 Å². The molecule has 0 amide bonds. The summed E-state index contributed by atoms with van der Waals surface area (Å²) in [5.74, 6) is 2.66. The molecule has 0 N–H and O–H groups in total. The highest BCUT2D eigenvalue weighted by atomic mass is 32.2. The highest BCUT2D eigenvalue weighted by Crippen LogP contribution is 2.42. The Morgan fingerprint density at radius 3 is 0.866 bits per heavy atom. The van der Waals surface area contributed by atoms with Crippen LogP contribution in [0.1, 0.15) is 71.6 Å². The smallest absolute Gasteiger partial charge is 0.363 e. The fraction of sp³-hybridized carbons (Fsp3) is 0.162. The summed E-state index contributed by atoms with van der Waals surface area (Å²) in [5.41, 5.74) is -25.5. The second kappa shape index (κ2) is 27.6. The number of halogens is 24. The molecule has 0 aliphatic heterocycles. The van der Waals surface area contributed by atoms with Gasteiger partial charge in [0.25, 0.3) is 0 Å². The van der Waals surface area contributed by atoms with Gasteiger partial charge in [-0.2, -0.15) is 127 Å². The fourth-order valence-corrected chi connectivity index (χ4v) is 12.3. The van der Waals surface area contributed by atoms with Crippen LogP contribution in [0.15, 0.2) is 223 Å². The molecule has 0 radical (unpaired) electrons. The van der Waals surface area contributed by atoms with Crippen LogP contribution in [0, 0.1) is 11.2 Å². The first-order chi connectivity index (χ1) is 44.9. The second-order valence-electron chi connectivity index (χ2n) is 21.7. The number of Topliss-reactive ketones (excluding diaryl/α,β-unsaturated/α-hetero) is 1. The zero-order valence-electron chi connectivity index (χ0n) is 48.7. The molecule has 0 fully saturated rings. The van der Waals surface area contributed by atoms with Crippen LogP contribution in [0.3, 0.4) is 0 Å². The van der Waals surface area contributed by atoms with E-state index in [1.165, 1.54) is 11.1 Å². The summed E-state index contributed by atoms with van der Waals surface area (Å²) in [4.78, 5) is 16.3. The van der Waals surface area contributed by atoms with Crippen molar-refractivity contribution in [3.05, 3.63) is 285 Å². The maximum Gasteiger partial charge on any atom is 0.416 e. The van der Waals surface area contributed by atoms with Gasteiger partial charge in [0.2, 0.25) is 15.7 Å². The molecule has 9 aromatic rings. The molecule has 97 heavy (non-hydrogen) atoms. The van der Waals surface area contributed by atoms with E-state index in [0.717, 1.165) is 24.3 Å². The number of carbonyl (C=O) groups excluding carboxylic acids is 1. The monoisotopic (exact) mass is 1400 g/mol. The molecule has 29 heteroatoms. The number of hydrogen-bond donors (Lipinski definition) is 0. The zero-order valence-corrected chi connectivity index (χ0v) is 49.5. The lowest BCUT2D eigenvalue weighted by Gasteiger charge is -2.46. The first kappa shape index (κ1) is 73.4. The Morgan fingerprint density at radius 1 is 0.340 bits per heavy atom. The van der Waals surface area contributed by atoms with Gasteiger partial charge in [-0.05, 0) is 89.8 Å². The Balaban J connectivity index is 0.000000263. The molecule has 0 aliphatic carbocycles. The van der Waals surface area contributed by atoms with Gasteiger partial charge in [-0.15, -0.1) is 0 Å². The number of hydrogen-bond acceptors (Lipinski definition) is 3. The predicted octanol–water partition coefficient (Wildman–Crippen LogP) is 18.9. The zero-order chi connectivity index (χ0) is 71.5. The van der Waals surface area contributed by atoms with Crippen LogP contribution < -0.4 is 26.8 Å². The minimum Gasteiger partial charge on any atom is -0.363 e. The van der Waals surface area contributed by atoms with Crippen molar-refractivity contribution in [3.63, 3.8) is 0 Å². The van der Waals surface area contributed by atoms with E-state index in [1.807, 2.05) is 109 Å². The Labute approximate surface area is 536 Å². The number of nitrogens with zero attached hydrogens (tertiary/aromatic N) is 1. The van der Waals surface area contributed by atoms with Crippen LogP contribution in [0.5, 0.6) is 0 Å². The fourth-order valence-electron chi connectivity index (χ4n) is 10.5. The Bertz CT molecular complexity index is 3880. The number of anilines is 1. The predicted molar refractivity (Wildman–Crippen MR) is 315 cm³/mol. The molecule has 0 heterocycles. The molecule has 0 saturated heterocycles. The molecule has 1 atom stereocenters. The number of rotatable bonds is 13. The first-order valence-electron chi connectivity index (χ1n) is 27.8. The van der Waals surface area contributed by atoms with Crippen molar-refractivity contribution >= 4 is 49.4 Å². The summed E-state index contributed by atoms with van der Waals surface area (Å²) in [6.45, 7) is 1.47. The third-order valence-electron chi connectivity index (χ3n) is 15.0. The SMILES string of the molecule is FC(F)(F)c1cc([B-](c2cc(C(F)(F)F)cc(C(F)(F)F)c2)(c2cc(C(F)(F)F)cc(C(F)(F)F)c2)c2cc(C(F)(F)F)cc(C(F)(F)F)c2)cc(C(F)(F)F)c1.O=C(C[S+](=O)(C#Cc1ccccc1)c1ccccc1)c1ccc(N(Cc2ccccc2)Cc2ccccc2)cc1. The summed E-state index contributed by atoms with van der Waals surface area (Å²) in [6.07, 6.45) is -54.8. The number of carbonyl (C=O) groups is 1. The number of ketones is 1. The highest BCUT2D eigenvalue weighted by molar-refractivity contribution is 8.07. The van der Waals surface area contributed by atoms with Crippen LogP contribution in [0.2, 0.25) is 0 Å². The van der Waals surface area contributed by atoms with E-state index in [9.17, 15) is 114 Å². The Kier molecular flexibility index (Phi) is 20.9. The van der Waals surface area contributed by atoms with Crippen LogP contribution in [-0.4, -0.2) is 17.7 Å². The van der Waals surface area contributed by atoms with Crippen molar-refractivity contribution < 1.29 is 114 Å². The lowest BCUT2D eigenvalue weighted by Crippen LogP contribution is -2.75. The molecule has 0 aliphatic rings. The minimum absolute atomic E-state index is 0.173. The molecule has 0 aromatic heterocycles. The van der Waals surface area contributed by atoms with Crippen molar-refractivity contribution in [2.75, 3.05) is 10.7 Å². The third-order valence-corrected chi connectivity index (χ3v) is 17.2. The molecular formula is C68H42BF24NO2S. The van der Waals surface area contributed by atoms with Gasteiger partial charge in [0.05, 0.1) is 44.5 Å². The molecule has 508 valence electrons. The average Bonchev–Trinajstić information content (AvgIpc) is 0.708. The van der Waals surface area contributed by atoms with E-state index < -0.39 is 205 Å². The van der Waals surface area contributed by atoms with Crippen molar-refractivity contribution in [2.45, 2.75) is 67.4 Å². The number of benzene rings is 9. The third kappa shape index (κ3) is 18.0. The van der Waals surface area contributed by atoms with Gasteiger partial charge in [0.15, 0.2) is 15.9 Å². The van der Waals surface area contributed by atoms with Gasteiger partial charge in [-0.1, -0.05) is 150 Å². The van der Waals surface area contributed by atoms with Gasteiger partial charge in [-0.3, -0.25) is 4.79 Å². The molecule has 0 spiro atoms. The molecule has 9 rings (SSSR count). The average molecular weight is 1400 g/mol. The molecule has 9 aromatic carbocycles. The second-order valence-corrected chi connectivity index (χ2v) is 24.1. The Hall–Kier alpha value is -9.46. The van der Waals surface area contributed by atoms with Gasteiger partial charge in [0.1, 0.15) is 6.15 Å². The van der Waals surface area contributed by atoms with Gasteiger partial charge in [-0.25, -0.2) is 0 Å². The van der Waals surface area contributed by atoms with Crippen LogP contribution in [0.4, 0.5) is 111 Å². The quantitative estimate of drug-likeness (QED) is 0.0380. The number of alkyl halides is 24. The van der Waals surface area contributed by atoms with Crippen molar-refractivity contribution in [2.24, 2.45) is 0 Å². The normalized spacial score (nSPS) is 13.4. The first-order valence-corrected chi connectivity index (χ1v) is 29.5. The summed E-state index contributed by atoms with van der Waals surface area (Å²) in [5, 5.41) is 2.96. The summed E-state index contributed by atoms with van der Waals surface area (Å²) in [7, 11) is -2.94. The van der Waals surface area contributed by atoms with Crippen LogP contribution >= 0.6 is 0 Å². The standard InChI is InChI=1S/C36H30NO2S.C32H12BF24/c38-36(29-40(39,35-19-11-4-12-20-35)26-25-30-13-5-1-6-14-30)33-21-23-34(24-22-33)37(27-31-15-7-2-8-16-31)28-32-17-9-3-10-18-32;34-25(35,36)13-1-14(26(37,38)39)6-21(5-13)33(22-7-15(27(40,41)42)2-16(8-22)28(43,44)45,23-9-17(29(46,47)48)3-18(10-23)30(49,50)51)24-11-19(31(52,53)54)4-20(12-24)32(55,56)57/h1-24H,27-29H2;1-12H/q+1;-1. The van der Waals surface area contributed by atoms with E-state index in [1.54, 1.807) is 12.1 Å². The van der Waals surface area contributed by atoms with Crippen LogP contribution in [0.25, 0.3) is 0 Å². The Morgan fingerprint density at radius 2 is 0.598 bits per heavy atom. The summed E-state index contributed by atoms with van der Waals surface area (Å²) in [6, 6.07) is 38.0. The molecular weight excluding hydrogens is 1360 g/mol. The lowest BCUT2D eigenvalue weighted by molar-refractivity contribution is -0.144. The maximum atomic E-state index is 14.2.